The zero-order chi connectivity index (χ0) is 21.5. The summed E-state index contributed by atoms with van der Waals surface area (Å²) in [5, 5.41) is 3.32. The van der Waals surface area contributed by atoms with E-state index in [9.17, 15) is 9.59 Å². The van der Waals surface area contributed by atoms with Crippen LogP contribution in [0.1, 0.15) is 18.4 Å². The van der Waals surface area contributed by atoms with Crippen molar-refractivity contribution in [2.75, 3.05) is 32.6 Å². The minimum absolute atomic E-state index is 0.0876. The summed E-state index contributed by atoms with van der Waals surface area (Å²) in [6.07, 6.45) is 5.95. The number of aromatic nitrogens is 1. The Hall–Kier alpha value is -3.06. The van der Waals surface area contributed by atoms with Crippen LogP contribution in [0.25, 0.3) is 6.08 Å². The first-order chi connectivity index (χ1) is 14.5. The molecule has 30 heavy (non-hydrogen) atoms. The predicted molar refractivity (Wildman–Crippen MR) is 116 cm³/mol. The summed E-state index contributed by atoms with van der Waals surface area (Å²) in [4.78, 5) is 30.8. The van der Waals surface area contributed by atoms with Crippen LogP contribution < -0.4 is 14.8 Å². The lowest BCUT2D eigenvalue weighted by molar-refractivity contribution is -0.130. The molecule has 0 saturated carbocycles. The normalized spacial score (nSPS) is 14.6. The van der Waals surface area contributed by atoms with Gasteiger partial charge in [-0.25, -0.2) is 4.98 Å². The Kier molecular flexibility index (Phi) is 7.30. The van der Waals surface area contributed by atoms with E-state index in [1.165, 1.54) is 12.3 Å². The van der Waals surface area contributed by atoms with Gasteiger partial charge in [-0.05, 0) is 43.2 Å². The molecular formula is C22H24ClN3O4. The maximum atomic E-state index is 12.5. The van der Waals surface area contributed by atoms with Gasteiger partial charge >= 0.3 is 0 Å². The molecule has 1 fully saturated rings. The molecule has 2 amide bonds. The van der Waals surface area contributed by atoms with Gasteiger partial charge < -0.3 is 19.7 Å². The number of amides is 2. The fourth-order valence-corrected chi connectivity index (χ4v) is 3.37. The summed E-state index contributed by atoms with van der Waals surface area (Å²) < 4.78 is 10.5. The number of carbonyl (C=O) groups is 2. The number of carbonyl (C=O) groups excluding carboxylic acids is 2. The molecule has 2 heterocycles. The zero-order valence-corrected chi connectivity index (χ0v) is 17.7. The second-order valence-electron chi connectivity index (χ2n) is 6.89. The molecule has 1 aliphatic rings. The zero-order valence-electron chi connectivity index (χ0n) is 16.9. The Morgan fingerprint density at radius 2 is 1.93 bits per heavy atom. The SMILES string of the molecule is COc1ccc(C=CC(=O)N2CCC(C(=O)Nc3ccc(Cl)cn3)CC2)c(OC)c1. The maximum Gasteiger partial charge on any atom is 0.246 e. The fourth-order valence-electron chi connectivity index (χ4n) is 3.26. The number of rotatable bonds is 6. The molecule has 2 aromatic rings. The van der Waals surface area contributed by atoms with Crippen molar-refractivity contribution in [1.82, 2.24) is 9.88 Å². The van der Waals surface area contributed by atoms with E-state index in [2.05, 4.69) is 10.3 Å². The molecular weight excluding hydrogens is 406 g/mol. The third kappa shape index (κ3) is 5.51. The van der Waals surface area contributed by atoms with Gasteiger partial charge in [0.15, 0.2) is 0 Å². The number of halogens is 1. The monoisotopic (exact) mass is 429 g/mol. The van der Waals surface area contributed by atoms with E-state index in [1.807, 2.05) is 12.1 Å². The number of nitrogens with zero attached hydrogens (tertiary/aromatic N) is 2. The van der Waals surface area contributed by atoms with E-state index in [4.69, 9.17) is 21.1 Å². The number of benzene rings is 1. The number of ether oxygens (including phenoxy) is 2. The van der Waals surface area contributed by atoms with Crippen molar-refractivity contribution < 1.29 is 19.1 Å². The molecule has 0 spiro atoms. The highest BCUT2D eigenvalue weighted by molar-refractivity contribution is 6.30. The van der Waals surface area contributed by atoms with Gasteiger partial charge in [0, 0.05) is 42.9 Å². The third-order valence-corrected chi connectivity index (χ3v) is 5.23. The number of piperidine rings is 1. The number of hydrogen-bond acceptors (Lipinski definition) is 5. The second-order valence-corrected chi connectivity index (χ2v) is 7.33. The summed E-state index contributed by atoms with van der Waals surface area (Å²) in [5.74, 6) is 1.45. The van der Waals surface area contributed by atoms with Crippen LogP contribution in [0.2, 0.25) is 5.02 Å². The average molecular weight is 430 g/mol. The second kappa shape index (κ2) is 10.1. The molecule has 0 unspecified atom stereocenters. The summed E-state index contributed by atoms with van der Waals surface area (Å²) >= 11 is 5.81. The van der Waals surface area contributed by atoms with Gasteiger partial charge in [-0.15, -0.1) is 0 Å². The number of nitrogens with one attached hydrogen (secondary N) is 1. The first kappa shape index (κ1) is 21.6. The Bertz CT molecular complexity index is 922. The van der Waals surface area contributed by atoms with Crippen molar-refractivity contribution in [3.8, 4) is 11.5 Å². The molecule has 0 aliphatic carbocycles. The molecule has 0 atom stereocenters. The largest absolute Gasteiger partial charge is 0.497 e. The molecule has 1 aromatic carbocycles. The van der Waals surface area contributed by atoms with Crippen LogP contribution >= 0.6 is 11.6 Å². The summed E-state index contributed by atoms with van der Waals surface area (Å²) in [5.41, 5.74) is 0.788. The average Bonchev–Trinajstić information content (AvgIpc) is 2.78. The number of anilines is 1. The van der Waals surface area contributed by atoms with E-state index >= 15 is 0 Å². The van der Waals surface area contributed by atoms with Crippen molar-refractivity contribution in [3.05, 3.63) is 53.2 Å². The number of hydrogen-bond donors (Lipinski definition) is 1. The molecule has 1 aromatic heterocycles. The Morgan fingerprint density at radius 1 is 1.17 bits per heavy atom. The van der Waals surface area contributed by atoms with Crippen LogP contribution in [0.5, 0.6) is 11.5 Å². The third-order valence-electron chi connectivity index (χ3n) is 5.00. The number of pyridine rings is 1. The van der Waals surface area contributed by atoms with Gasteiger partial charge in [-0.2, -0.15) is 0 Å². The highest BCUT2D eigenvalue weighted by atomic mass is 35.5. The van der Waals surface area contributed by atoms with Crippen molar-refractivity contribution >= 4 is 35.3 Å². The Balaban J connectivity index is 1.53. The number of methoxy groups -OCH3 is 2. The van der Waals surface area contributed by atoms with Gasteiger partial charge in [0.05, 0.1) is 19.2 Å². The van der Waals surface area contributed by atoms with E-state index in [0.717, 1.165) is 5.56 Å². The van der Waals surface area contributed by atoms with Crippen LogP contribution in [0.15, 0.2) is 42.6 Å². The van der Waals surface area contributed by atoms with Gasteiger partial charge in [0.1, 0.15) is 17.3 Å². The van der Waals surface area contributed by atoms with Crippen LogP contribution in [0.3, 0.4) is 0 Å². The minimum atomic E-state index is -0.155. The summed E-state index contributed by atoms with van der Waals surface area (Å²) in [6.45, 7) is 1.05. The van der Waals surface area contributed by atoms with E-state index in [1.54, 1.807) is 43.4 Å². The van der Waals surface area contributed by atoms with Crippen LogP contribution in [0.4, 0.5) is 5.82 Å². The Labute approximate surface area is 180 Å². The lowest BCUT2D eigenvalue weighted by atomic mass is 9.96. The van der Waals surface area contributed by atoms with Crippen LogP contribution in [-0.2, 0) is 9.59 Å². The lowest BCUT2D eigenvalue weighted by Crippen LogP contribution is -2.40. The molecule has 1 aliphatic heterocycles. The molecule has 0 radical (unpaired) electrons. The van der Waals surface area contributed by atoms with Gasteiger partial charge in [-0.3, -0.25) is 9.59 Å². The van der Waals surface area contributed by atoms with E-state index in [0.29, 0.717) is 48.3 Å². The first-order valence-electron chi connectivity index (χ1n) is 9.61. The van der Waals surface area contributed by atoms with Crippen molar-refractivity contribution in [3.63, 3.8) is 0 Å². The van der Waals surface area contributed by atoms with Crippen molar-refractivity contribution in [2.45, 2.75) is 12.8 Å². The summed E-state index contributed by atoms with van der Waals surface area (Å²) in [7, 11) is 3.16. The van der Waals surface area contributed by atoms with Gasteiger partial charge in [0.2, 0.25) is 11.8 Å². The topological polar surface area (TPSA) is 80.8 Å². The van der Waals surface area contributed by atoms with E-state index < -0.39 is 0 Å². The van der Waals surface area contributed by atoms with Gasteiger partial charge in [-0.1, -0.05) is 11.6 Å². The van der Waals surface area contributed by atoms with Gasteiger partial charge in [0.25, 0.3) is 0 Å². The molecule has 158 valence electrons. The Morgan fingerprint density at radius 3 is 2.57 bits per heavy atom. The first-order valence-corrected chi connectivity index (χ1v) is 9.99. The lowest BCUT2D eigenvalue weighted by Gasteiger charge is -2.30. The summed E-state index contributed by atoms with van der Waals surface area (Å²) in [6, 6.07) is 8.76. The maximum absolute atomic E-state index is 12.5. The predicted octanol–water partition coefficient (Wildman–Crippen LogP) is 3.64. The highest BCUT2D eigenvalue weighted by Crippen LogP contribution is 2.26. The van der Waals surface area contributed by atoms with Crippen molar-refractivity contribution in [2.24, 2.45) is 5.92 Å². The minimum Gasteiger partial charge on any atom is -0.497 e. The highest BCUT2D eigenvalue weighted by Gasteiger charge is 2.26. The molecule has 1 saturated heterocycles. The standard InChI is InChI=1S/C22H24ClN3O4/c1-29-18-6-3-15(19(13-18)30-2)4-8-21(27)26-11-9-16(10-12-26)22(28)25-20-7-5-17(23)14-24-20/h3-8,13-14,16H,9-12H2,1-2H3,(H,24,25,28). The molecule has 0 bridgehead atoms. The molecule has 1 N–H and O–H groups in total. The van der Waals surface area contributed by atoms with Crippen LogP contribution in [-0.4, -0.2) is 49.0 Å². The van der Waals surface area contributed by atoms with Crippen molar-refractivity contribution in [1.29, 1.82) is 0 Å². The molecule has 8 heteroatoms. The van der Waals surface area contributed by atoms with Crippen LogP contribution in [0, 0.1) is 5.92 Å². The smallest absolute Gasteiger partial charge is 0.246 e. The van der Waals surface area contributed by atoms with E-state index in [-0.39, 0.29) is 17.7 Å². The molecule has 3 rings (SSSR count). The number of likely N-dealkylation sites (tertiary alicyclic amines) is 1. The fraction of sp³-hybridized carbons (Fsp3) is 0.318. The quantitative estimate of drug-likeness (QED) is 0.709. The molecule has 7 nitrogen and oxygen atoms in total.